The van der Waals surface area contributed by atoms with Crippen molar-refractivity contribution < 1.29 is 37.0 Å². The van der Waals surface area contributed by atoms with Gasteiger partial charge in [0, 0.05) is 13.1 Å². The second kappa shape index (κ2) is 11.0. The first-order chi connectivity index (χ1) is 19.3. The summed E-state index contributed by atoms with van der Waals surface area (Å²) in [6.07, 6.45) is -1.78. The number of alkyl halides is 3. The van der Waals surface area contributed by atoms with Crippen LogP contribution in [0.1, 0.15) is 49.7 Å². The van der Waals surface area contributed by atoms with Gasteiger partial charge in [0.05, 0.1) is 24.5 Å². The number of halogens is 3. The van der Waals surface area contributed by atoms with Crippen LogP contribution in [0.15, 0.2) is 24.4 Å². The van der Waals surface area contributed by atoms with E-state index in [-0.39, 0.29) is 36.1 Å². The Hall–Kier alpha value is -3.65. The van der Waals surface area contributed by atoms with Crippen molar-refractivity contribution in [1.29, 1.82) is 0 Å². The Kier molecular flexibility index (Phi) is 7.72. The van der Waals surface area contributed by atoms with E-state index < -0.39 is 29.9 Å². The molecule has 0 aromatic carbocycles. The number of aromatic nitrogens is 2. The summed E-state index contributed by atoms with van der Waals surface area (Å²) >= 11 is 0. The zero-order chi connectivity index (χ0) is 29.5. The third kappa shape index (κ3) is 6.32. The fourth-order valence-corrected chi connectivity index (χ4v) is 5.22. The molecule has 0 unspecified atom stereocenters. The van der Waals surface area contributed by atoms with Crippen molar-refractivity contribution in [2.75, 3.05) is 41.4 Å². The average Bonchev–Trinajstić information content (AvgIpc) is 3.25. The number of urea groups is 1. The van der Waals surface area contributed by atoms with Crippen LogP contribution >= 0.6 is 0 Å². The highest BCUT2D eigenvalue weighted by Crippen LogP contribution is 2.40. The summed E-state index contributed by atoms with van der Waals surface area (Å²) in [5.74, 6) is -0.633. The standard InChI is InChI=1S/C27H33F3N6O5/c1-15-10-20(24(37)32-16(2)27(28,29)30)33-23-22(15)35-9-5-6-17(12-35)36(23)25(38)34-21-8-7-18(11-31-21)39-13-19-14-40-26(3,4)41-19/h7-8,10-11,16-17,19H,5-6,9,12-14H2,1-4H3,(H,32,37)(H,31,34,38)/t16-,17+,19-/m1/s1. The maximum Gasteiger partial charge on any atom is 0.408 e. The summed E-state index contributed by atoms with van der Waals surface area (Å²) in [5.41, 5.74) is 1.11. The molecule has 2 bridgehead atoms. The number of nitrogens with zero attached hydrogens (tertiary/aromatic N) is 4. The van der Waals surface area contributed by atoms with E-state index in [4.69, 9.17) is 14.2 Å². The van der Waals surface area contributed by atoms with Gasteiger partial charge < -0.3 is 24.4 Å². The first-order valence-corrected chi connectivity index (χ1v) is 13.5. The Labute approximate surface area is 235 Å². The zero-order valence-corrected chi connectivity index (χ0v) is 23.2. The van der Waals surface area contributed by atoms with Gasteiger partial charge in [-0.05, 0) is 64.3 Å². The Morgan fingerprint density at radius 2 is 2.07 bits per heavy atom. The van der Waals surface area contributed by atoms with E-state index in [1.165, 1.54) is 17.2 Å². The summed E-state index contributed by atoms with van der Waals surface area (Å²) in [7, 11) is 0. The van der Waals surface area contributed by atoms with Crippen LogP contribution in [0.4, 0.5) is 35.3 Å². The fourth-order valence-electron chi connectivity index (χ4n) is 5.22. The number of ether oxygens (including phenoxy) is 3. The van der Waals surface area contributed by atoms with Crippen LogP contribution in [0, 0.1) is 6.92 Å². The number of fused-ring (bicyclic) bond motifs is 4. The molecule has 5 rings (SSSR count). The number of pyridine rings is 2. The fraction of sp³-hybridized carbons (Fsp3) is 0.556. The summed E-state index contributed by atoms with van der Waals surface area (Å²) in [4.78, 5) is 38.6. The lowest BCUT2D eigenvalue weighted by molar-refractivity contribution is -0.149. The van der Waals surface area contributed by atoms with Gasteiger partial charge in [-0.15, -0.1) is 0 Å². The average molecular weight is 579 g/mol. The molecule has 41 heavy (non-hydrogen) atoms. The molecule has 2 aromatic rings. The molecule has 3 amide bonds. The molecular weight excluding hydrogens is 545 g/mol. The van der Waals surface area contributed by atoms with Gasteiger partial charge in [0.15, 0.2) is 11.6 Å². The topological polar surface area (TPSA) is 118 Å². The van der Waals surface area contributed by atoms with E-state index in [9.17, 15) is 22.8 Å². The van der Waals surface area contributed by atoms with Crippen molar-refractivity contribution in [2.24, 2.45) is 0 Å². The van der Waals surface area contributed by atoms with Gasteiger partial charge in [0.2, 0.25) is 0 Å². The van der Waals surface area contributed by atoms with Crippen molar-refractivity contribution in [3.05, 3.63) is 35.7 Å². The second-order valence-electron chi connectivity index (χ2n) is 10.9. The van der Waals surface area contributed by atoms with Crippen molar-refractivity contribution in [3.63, 3.8) is 0 Å². The molecule has 0 spiro atoms. The number of hydrogen-bond donors (Lipinski definition) is 2. The number of anilines is 3. The lowest BCUT2D eigenvalue weighted by Gasteiger charge is -2.46. The third-order valence-electron chi connectivity index (χ3n) is 7.24. The Bertz CT molecular complexity index is 1310. The summed E-state index contributed by atoms with van der Waals surface area (Å²) < 4.78 is 56.1. The van der Waals surface area contributed by atoms with E-state index in [0.717, 1.165) is 19.9 Å². The van der Waals surface area contributed by atoms with Crippen LogP contribution in [-0.2, 0) is 9.47 Å². The van der Waals surface area contributed by atoms with Gasteiger partial charge in [0.25, 0.3) is 5.91 Å². The molecule has 3 aliphatic heterocycles. The third-order valence-corrected chi connectivity index (χ3v) is 7.24. The van der Waals surface area contributed by atoms with E-state index in [1.807, 2.05) is 19.2 Å². The van der Waals surface area contributed by atoms with Crippen LogP contribution < -0.4 is 25.2 Å². The molecule has 5 heterocycles. The minimum atomic E-state index is -4.60. The van der Waals surface area contributed by atoms with Gasteiger partial charge in [-0.1, -0.05) is 0 Å². The number of aryl methyl sites for hydroxylation is 1. The van der Waals surface area contributed by atoms with Gasteiger partial charge in [0.1, 0.15) is 36.0 Å². The van der Waals surface area contributed by atoms with Gasteiger partial charge in [-0.2, -0.15) is 13.2 Å². The minimum Gasteiger partial charge on any atom is -0.489 e. The monoisotopic (exact) mass is 578 g/mol. The Balaban J connectivity index is 1.32. The number of carbonyl (C=O) groups is 2. The second-order valence-corrected chi connectivity index (χ2v) is 10.9. The number of rotatable bonds is 6. The number of nitrogens with one attached hydrogen (secondary N) is 2. The number of hydrogen-bond acceptors (Lipinski definition) is 8. The molecule has 0 aliphatic carbocycles. The summed E-state index contributed by atoms with van der Waals surface area (Å²) in [5, 5.41) is 4.72. The Morgan fingerprint density at radius 1 is 1.29 bits per heavy atom. The molecule has 14 heteroatoms. The predicted octanol–water partition coefficient (Wildman–Crippen LogP) is 4.02. The first kappa shape index (κ1) is 28.9. The predicted molar refractivity (Wildman–Crippen MR) is 143 cm³/mol. The molecule has 0 radical (unpaired) electrons. The molecule has 2 fully saturated rings. The lowest BCUT2D eigenvalue weighted by Crippen LogP contribution is -2.56. The van der Waals surface area contributed by atoms with Crippen LogP contribution in [0.25, 0.3) is 0 Å². The van der Waals surface area contributed by atoms with Gasteiger partial charge >= 0.3 is 12.2 Å². The van der Waals surface area contributed by atoms with Crippen LogP contribution in [0.2, 0.25) is 0 Å². The molecule has 11 nitrogen and oxygen atoms in total. The van der Waals surface area contributed by atoms with Crippen molar-refractivity contribution in [1.82, 2.24) is 15.3 Å². The molecular formula is C27H33F3N6O5. The number of amides is 3. The van der Waals surface area contributed by atoms with Crippen LogP contribution in [0.3, 0.4) is 0 Å². The quantitative estimate of drug-likeness (QED) is 0.528. The molecule has 2 N–H and O–H groups in total. The maximum atomic E-state index is 13.6. The van der Waals surface area contributed by atoms with E-state index in [0.29, 0.717) is 36.6 Å². The maximum absolute atomic E-state index is 13.6. The highest BCUT2D eigenvalue weighted by molar-refractivity contribution is 6.05. The molecule has 222 valence electrons. The minimum absolute atomic E-state index is 0.198. The first-order valence-electron chi connectivity index (χ1n) is 13.5. The van der Waals surface area contributed by atoms with Crippen LogP contribution in [-0.4, -0.2) is 78.4 Å². The molecule has 2 aromatic heterocycles. The molecule has 3 aliphatic rings. The molecule has 2 saturated heterocycles. The SMILES string of the molecule is Cc1cc(C(=O)N[C@H](C)C(F)(F)F)nc2c1N1CCC[C@@H](C1)N2C(=O)Nc1ccc(OC[C@@H]2COC(C)(C)O2)cn1. The van der Waals surface area contributed by atoms with E-state index >= 15 is 0 Å². The largest absolute Gasteiger partial charge is 0.489 e. The van der Waals surface area contributed by atoms with Gasteiger partial charge in [-0.25, -0.2) is 14.8 Å². The number of piperidine rings is 1. The molecule has 0 saturated carbocycles. The smallest absolute Gasteiger partial charge is 0.408 e. The van der Waals surface area contributed by atoms with Crippen LogP contribution in [0.5, 0.6) is 5.75 Å². The lowest BCUT2D eigenvalue weighted by atomic mass is 9.98. The van der Waals surface area contributed by atoms with Crippen molar-refractivity contribution in [3.8, 4) is 5.75 Å². The van der Waals surface area contributed by atoms with Crippen molar-refractivity contribution in [2.45, 2.75) is 70.7 Å². The normalized spacial score (nSPS) is 22.1. The van der Waals surface area contributed by atoms with E-state index in [1.54, 1.807) is 19.1 Å². The van der Waals surface area contributed by atoms with Gasteiger partial charge in [-0.3, -0.25) is 15.0 Å². The van der Waals surface area contributed by atoms with Crippen molar-refractivity contribution >= 4 is 29.3 Å². The summed E-state index contributed by atoms with van der Waals surface area (Å²) in [6.45, 7) is 8.29. The highest BCUT2D eigenvalue weighted by atomic mass is 19.4. The Morgan fingerprint density at radius 3 is 2.73 bits per heavy atom. The number of carbonyl (C=O) groups excluding carboxylic acids is 2. The van der Waals surface area contributed by atoms with E-state index in [2.05, 4.69) is 20.2 Å². The molecule has 3 atom stereocenters. The highest BCUT2D eigenvalue weighted by Gasteiger charge is 2.41. The summed E-state index contributed by atoms with van der Waals surface area (Å²) in [6, 6.07) is 1.92. The zero-order valence-electron chi connectivity index (χ0n) is 23.2.